The predicted molar refractivity (Wildman–Crippen MR) is 122 cm³/mol. The monoisotopic (exact) mass is 507 g/mol. The van der Waals surface area contributed by atoms with Crippen molar-refractivity contribution >= 4 is 34.0 Å². The molecule has 1 N–H and O–H groups in total. The molecule has 4 rings (SSSR count). The normalized spacial score (nSPS) is 13.3. The molecule has 1 aromatic carbocycles. The van der Waals surface area contributed by atoms with Gasteiger partial charge in [-0.25, -0.2) is 0 Å². The van der Waals surface area contributed by atoms with Gasteiger partial charge in [0.25, 0.3) is 0 Å². The molecule has 0 saturated heterocycles. The minimum absolute atomic E-state index is 0.0634. The number of alkyl halides is 3. The minimum Gasteiger partial charge on any atom is -0.486 e. The summed E-state index contributed by atoms with van der Waals surface area (Å²) in [4.78, 5) is 13.7. The molecule has 12 heteroatoms. The van der Waals surface area contributed by atoms with E-state index in [1.165, 1.54) is 40.1 Å². The molecule has 7 nitrogen and oxygen atoms in total. The Morgan fingerprint density at radius 2 is 2.12 bits per heavy atom. The first-order chi connectivity index (χ1) is 16.3. The number of benzene rings is 1. The number of fused-ring (bicyclic) bond motifs is 1. The standard InChI is InChI=1S/C22H20F3N5O2S2/c1-30-18(11-32-14-6-4-5-13(9-14)22(23,24)25)28-29-21(30)33-12-19(31)27-20-16(10-26)15-7-2-3-8-17(15)34-20/h4-6,9H,2-3,7-8,11-12H2,1H3,(H,27,31). The van der Waals surface area contributed by atoms with Gasteiger partial charge in [0.15, 0.2) is 11.0 Å². The number of nitriles is 1. The molecule has 1 aliphatic carbocycles. The number of aryl methyl sites for hydroxylation is 1. The van der Waals surface area contributed by atoms with Gasteiger partial charge in [0.1, 0.15) is 23.4 Å². The van der Waals surface area contributed by atoms with Crippen molar-refractivity contribution in [1.29, 1.82) is 5.26 Å². The summed E-state index contributed by atoms with van der Waals surface area (Å²) in [5.74, 6) is 0.273. The van der Waals surface area contributed by atoms with Crippen LogP contribution in [0.5, 0.6) is 5.75 Å². The number of hydrogen-bond acceptors (Lipinski definition) is 7. The predicted octanol–water partition coefficient (Wildman–Crippen LogP) is 4.96. The number of nitrogens with zero attached hydrogens (tertiary/aromatic N) is 4. The van der Waals surface area contributed by atoms with Crippen LogP contribution in [0.2, 0.25) is 0 Å². The minimum atomic E-state index is -4.45. The highest BCUT2D eigenvalue weighted by Crippen LogP contribution is 2.37. The van der Waals surface area contributed by atoms with Crippen LogP contribution in [0, 0.1) is 11.3 Å². The Morgan fingerprint density at radius 1 is 1.32 bits per heavy atom. The molecule has 1 aliphatic rings. The van der Waals surface area contributed by atoms with E-state index in [2.05, 4.69) is 21.6 Å². The summed E-state index contributed by atoms with van der Waals surface area (Å²) >= 11 is 2.63. The van der Waals surface area contributed by atoms with Gasteiger partial charge in [0, 0.05) is 11.9 Å². The maximum atomic E-state index is 12.9. The zero-order chi connectivity index (χ0) is 24.3. The molecular formula is C22H20F3N5O2S2. The summed E-state index contributed by atoms with van der Waals surface area (Å²) in [6.45, 7) is -0.0795. The average molecular weight is 508 g/mol. The van der Waals surface area contributed by atoms with E-state index >= 15 is 0 Å². The lowest BCUT2D eigenvalue weighted by Gasteiger charge is -2.10. The van der Waals surface area contributed by atoms with Crippen LogP contribution < -0.4 is 10.1 Å². The number of thioether (sulfide) groups is 1. The van der Waals surface area contributed by atoms with Crippen molar-refractivity contribution in [3.63, 3.8) is 0 Å². The van der Waals surface area contributed by atoms with Crippen molar-refractivity contribution in [3.05, 3.63) is 51.7 Å². The van der Waals surface area contributed by atoms with Crippen LogP contribution in [-0.4, -0.2) is 26.4 Å². The summed E-state index contributed by atoms with van der Waals surface area (Å²) < 4.78 is 45.6. The zero-order valence-electron chi connectivity index (χ0n) is 18.1. The molecule has 0 bridgehead atoms. The van der Waals surface area contributed by atoms with Crippen LogP contribution in [0.4, 0.5) is 18.2 Å². The fourth-order valence-corrected chi connectivity index (χ4v) is 5.56. The van der Waals surface area contributed by atoms with E-state index in [0.29, 0.717) is 21.5 Å². The van der Waals surface area contributed by atoms with Crippen LogP contribution in [-0.2, 0) is 37.5 Å². The third-order valence-electron chi connectivity index (χ3n) is 5.32. The van der Waals surface area contributed by atoms with E-state index in [4.69, 9.17) is 4.74 Å². The van der Waals surface area contributed by atoms with Crippen LogP contribution in [0.1, 0.15) is 40.2 Å². The number of hydrogen-bond donors (Lipinski definition) is 1. The van der Waals surface area contributed by atoms with Gasteiger partial charge in [0.2, 0.25) is 5.91 Å². The van der Waals surface area contributed by atoms with Crippen LogP contribution in [0.25, 0.3) is 0 Å². The number of rotatable bonds is 7. The average Bonchev–Trinajstić information content (AvgIpc) is 3.34. The lowest BCUT2D eigenvalue weighted by molar-refractivity contribution is -0.137. The van der Waals surface area contributed by atoms with Crippen molar-refractivity contribution < 1.29 is 22.7 Å². The molecular weight excluding hydrogens is 487 g/mol. The fraction of sp³-hybridized carbons (Fsp3) is 0.364. The molecule has 0 aliphatic heterocycles. The quantitative estimate of drug-likeness (QED) is 0.455. The molecule has 0 atom stereocenters. The van der Waals surface area contributed by atoms with Crippen molar-refractivity contribution in [3.8, 4) is 11.8 Å². The van der Waals surface area contributed by atoms with Gasteiger partial charge < -0.3 is 14.6 Å². The van der Waals surface area contributed by atoms with E-state index in [0.717, 1.165) is 43.4 Å². The SMILES string of the molecule is Cn1c(COc2cccc(C(F)(F)F)c2)nnc1SCC(=O)Nc1sc2c(c1C#N)CCCC2. The first-order valence-electron chi connectivity index (χ1n) is 10.4. The molecule has 0 spiro atoms. The number of ether oxygens (including phenoxy) is 1. The molecule has 0 unspecified atom stereocenters. The summed E-state index contributed by atoms with van der Waals surface area (Å²) in [5, 5.41) is 21.5. The second-order valence-electron chi connectivity index (χ2n) is 7.64. The highest BCUT2D eigenvalue weighted by molar-refractivity contribution is 7.99. The van der Waals surface area contributed by atoms with Gasteiger partial charge in [-0.2, -0.15) is 18.4 Å². The van der Waals surface area contributed by atoms with E-state index < -0.39 is 11.7 Å². The highest BCUT2D eigenvalue weighted by atomic mass is 32.2. The first-order valence-corrected chi connectivity index (χ1v) is 12.2. The smallest absolute Gasteiger partial charge is 0.416 e. The lowest BCUT2D eigenvalue weighted by Crippen LogP contribution is -2.14. The summed E-state index contributed by atoms with van der Waals surface area (Å²) in [6.07, 6.45) is -0.514. The number of aromatic nitrogens is 3. The number of anilines is 1. The molecule has 178 valence electrons. The van der Waals surface area contributed by atoms with Crippen molar-refractivity contribution in [2.45, 2.75) is 43.6 Å². The second kappa shape index (κ2) is 10.1. The zero-order valence-corrected chi connectivity index (χ0v) is 19.7. The number of nitrogens with one attached hydrogen (secondary N) is 1. The number of thiophene rings is 1. The molecule has 3 aromatic rings. The van der Waals surface area contributed by atoms with E-state index in [1.54, 1.807) is 11.6 Å². The van der Waals surface area contributed by atoms with Crippen LogP contribution in [0.3, 0.4) is 0 Å². The molecule has 0 fully saturated rings. The molecule has 0 radical (unpaired) electrons. The molecule has 2 heterocycles. The third kappa shape index (κ3) is 5.37. The van der Waals surface area contributed by atoms with Gasteiger partial charge in [0.05, 0.1) is 16.9 Å². The number of amides is 1. The number of halogens is 3. The Kier molecular flexibility index (Phi) is 7.13. The lowest BCUT2D eigenvalue weighted by atomic mass is 9.96. The van der Waals surface area contributed by atoms with Gasteiger partial charge in [-0.05, 0) is 49.4 Å². The van der Waals surface area contributed by atoms with E-state index in [-0.39, 0.29) is 24.0 Å². The molecule has 34 heavy (non-hydrogen) atoms. The topological polar surface area (TPSA) is 92.8 Å². The Labute approximate surface area is 201 Å². The molecule has 1 amide bonds. The number of carbonyl (C=O) groups is 1. The molecule has 0 saturated carbocycles. The van der Waals surface area contributed by atoms with Crippen LogP contribution >= 0.6 is 23.1 Å². The Hall–Kier alpha value is -3.04. The van der Waals surface area contributed by atoms with Gasteiger partial charge in [-0.3, -0.25) is 4.79 Å². The van der Waals surface area contributed by atoms with Crippen molar-refractivity contribution in [2.24, 2.45) is 7.05 Å². The maximum absolute atomic E-state index is 12.9. The Bertz CT molecular complexity index is 1250. The summed E-state index contributed by atoms with van der Waals surface area (Å²) in [6, 6.07) is 6.83. The number of carbonyl (C=O) groups excluding carboxylic acids is 1. The Morgan fingerprint density at radius 3 is 2.88 bits per heavy atom. The van der Waals surface area contributed by atoms with Gasteiger partial charge >= 0.3 is 6.18 Å². The largest absolute Gasteiger partial charge is 0.486 e. The van der Waals surface area contributed by atoms with Gasteiger partial charge in [-0.1, -0.05) is 17.8 Å². The maximum Gasteiger partial charge on any atom is 0.416 e. The fourth-order valence-electron chi connectivity index (χ4n) is 3.57. The molecule has 2 aromatic heterocycles. The second-order valence-corrected chi connectivity index (χ2v) is 9.68. The Balaban J connectivity index is 1.34. The van der Waals surface area contributed by atoms with Crippen molar-refractivity contribution in [1.82, 2.24) is 14.8 Å². The van der Waals surface area contributed by atoms with Crippen LogP contribution in [0.15, 0.2) is 29.4 Å². The van der Waals surface area contributed by atoms with E-state index in [9.17, 15) is 23.2 Å². The highest BCUT2D eigenvalue weighted by Gasteiger charge is 2.30. The van der Waals surface area contributed by atoms with E-state index in [1.807, 2.05) is 0 Å². The van der Waals surface area contributed by atoms with Crippen molar-refractivity contribution in [2.75, 3.05) is 11.1 Å². The van der Waals surface area contributed by atoms with Gasteiger partial charge in [-0.15, -0.1) is 21.5 Å². The summed E-state index contributed by atoms with van der Waals surface area (Å²) in [7, 11) is 1.69. The third-order valence-corrected chi connectivity index (χ3v) is 7.55. The summed E-state index contributed by atoms with van der Waals surface area (Å²) in [5.41, 5.74) is 0.822. The first kappa shape index (κ1) is 24.1.